The summed E-state index contributed by atoms with van der Waals surface area (Å²) < 4.78 is 0.985. The van der Waals surface area contributed by atoms with Crippen LogP contribution in [0.4, 0.5) is 5.82 Å². The third kappa shape index (κ3) is 1.91. The Hall–Kier alpha value is -2.08. The quantitative estimate of drug-likeness (QED) is 0.747. The van der Waals surface area contributed by atoms with Gasteiger partial charge in [0, 0.05) is 10.0 Å². The Kier molecular flexibility index (Phi) is 2.64. The van der Waals surface area contributed by atoms with Gasteiger partial charge in [-0.2, -0.15) is 0 Å². The van der Waals surface area contributed by atoms with Crippen molar-refractivity contribution >= 4 is 32.9 Å². The van der Waals surface area contributed by atoms with Gasteiger partial charge in [-0.05, 0) is 12.1 Å². The second-order valence-corrected chi connectivity index (χ2v) is 4.61. The lowest BCUT2D eigenvalue weighted by Crippen LogP contribution is -1.98. The molecule has 18 heavy (non-hydrogen) atoms. The van der Waals surface area contributed by atoms with Crippen molar-refractivity contribution < 1.29 is 0 Å². The van der Waals surface area contributed by atoms with Gasteiger partial charge in [0.1, 0.15) is 6.33 Å². The first kappa shape index (κ1) is 11.0. The van der Waals surface area contributed by atoms with Gasteiger partial charge in [0.2, 0.25) is 0 Å². The van der Waals surface area contributed by atoms with Gasteiger partial charge in [-0.25, -0.2) is 19.9 Å². The van der Waals surface area contributed by atoms with Crippen LogP contribution in [0, 0.1) is 0 Å². The summed E-state index contributed by atoms with van der Waals surface area (Å²) in [7, 11) is 0. The van der Waals surface area contributed by atoms with Crippen molar-refractivity contribution in [2.45, 2.75) is 0 Å². The lowest BCUT2D eigenvalue weighted by Gasteiger charge is -2.03. The van der Waals surface area contributed by atoms with Gasteiger partial charge >= 0.3 is 0 Å². The summed E-state index contributed by atoms with van der Waals surface area (Å²) in [5.74, 6) is 0.337. The Labute approximate surface area is 111 Å². The van der Waals surface area contributed by atoms with E-state index in [1.165, 1.54) is 6.33 Å². The fraction of sp³-hybridized carbons (Fsp3) is 0. The molecule has 1 aromatic carbocycles. The maximum Gasteiger partial charge on any atom is 0.183 e. The van der Waals surface area contributed by atoms with Gasteiger partial charge < -0.3 is 5.73 Å². The molecule has 0 aliphatic carbocycles. The van der Waals surface area contributed by atoms with Gasteiger partial charge in [0.15, 0.2) is 17.0 Å². The molecule has 2 aromatic heterocycles. The summed E-state index contributed by atoms with van der Waals surface area (Å²) in [6.07, 6.45) is 3.06. The molecule has 0 amide bonds. The zero-order valence-electron chi connectivity index (χ0n) is 9.21. The maximum atomic E-state index is 5.77. The average molecular weight is 302 g/mol. The van der Waals surface area contributed by atoms with Crippen molar-refractivity contribution in [3.8, 4) is 11.3 Å². The lowest BCUT2D eigenvalue weighted by atomic mass is 10.2. The van der Waals surface area contributed by atoms with E-state index < -0.39 is 0 Å². The van der Waals surface area contributed by atoms with E-state index in [0.717, 1.165) is 15.7 Å². The van der Waals surface area contributed by atoms with E-state index in [2.05, 4.69) is 35.9 Å². The molecule has 0 aliphatic heterocycles. The predicted octanol–water partition coefficient (Wildman–Crippen LogP) is 2.43. The topological polar surface area (TPSA) is 77.6 Å². The highest BCUT2D eigenvalue weighted by atomic mass is 79.9. The van der Waals surface area contributed by atoms with Crippen molar-refractivity contribution in [1.29, 1.82) is 0 Å². The zero-order valence-corrected chi connectivity index (χ0v) is 10.8. The number of hydrogen-bond donors (Lipinski definition) is 1. The molecule has 0 saturated heterocycles. The molecule has 6 heteroatoms. The van der Waals surface area contributed by atoms with Crippen molar-refractivity contribution in [2.75, 3.05) is 5.73 Å². The number of rotatable bonds is 1. The van der Waals surface area contributed by atoms with Gasteiger partial charge in [0.25, 0.3) is 0 Å². The standard InChI is InChI=1S/C12H8BrN5/c13-8-3-1-2-7(4-8)9-5-15-12-10(18-9)11(14)16-6-17-12/h1-6H,(H2,14,15,16,17). The summed E-state index contributed by atoms with van der Waals surface area (Å²) in [6, 6.07) is 7.82. The molecule has 0 saturated carbocycles. The number of nitrogen functional groups attached to an aromatic ring is 1. The second-order valence-electron chi connectivity index (χ2n) is 3.70. The number of hydrogen-bond acceptors (Lipinski definition) is 5. The maximum absolute atomic E-state index is 5.77. The third-order valence-electron chi connectivity index (χ3n) is 2.49. The van der Waals surface area contributed by atoms with Crippen LogP contribution in [0.15, 0.2) is 41.3 Å². The molecule has 3 aromatic rings. The molecule has 88 valence electrons. The van der Waals surface area contributed by atoms with Crippen LogP contribution in [0.5, 0.6) is 0 Å². The van der Waals surface area contributed by atoms with Crippen molar-refractivity contribution in [2.24, 2.45) is 0 Å². The number of benzene rings is 1. The van der Waals surface area contributed by atoms with Crippen LogP contribution in [0.25, 0.3) is 22.4 Å². The molecular weight excluding hydrogens is 294 g/mol. The Morgan fingerprint density at radius 1 is 1.11 bits per heavy atom. The highest BCUT2D eigenvalue weighted by Gasteiger charge is 2.06. The SMILES string of the molecule is Nc1ncnc2ncc(-c3cccc(Br)c3)nc12. The number of nitrogens with two attached hydrogens (primary N) is 1. The molecule has 3 rings (SSSR count). The van der Waals surface area contributed by atoms with E-state index in [0.29, 0.717) is 17.0 Å². The van der Waals surface area contributed by atoms with Crippen LogP contribution < -0.4 is 5.73 Å². The highest BCUT2D eigenvalue weighted by molar-refractivity contribution is 9.10. The molecule has 0 spiro atoms. The fourth-order valence-electron chi connectivity index (χ4n) is 1.64. The number of fused-ring (bicyclic) bond motifs is 1. The Morgan fingerprint density at radius 2 is 2.00 bits per heavy atom. The van der Waals surface area contributed by atoms with E-state index in [9.17, 15) is 0 Å². The van der Waals surface area contributed by atoms with Gasteiger partial charge in [-0.1, -0.05) is 28.1 Å². The number of halogens is 1. The Morgan fingerprint density at radius 3 is 2.83 bits per heavy atom. The molecule has 0 aliphatic rings. The molecular formula is C12H8BrN5. The summed E-state index contributed by atoms with van der Waals surface area (Å²) >= 11 is 3.43. The zero-order chi connectivity index (χ0) is 12.5. The van der Waals surface area contributed by atoms with E-state index in [-0.39, 0.29) is 0 Å². The van der Waals surface area contributed by atoms with E-state index >= 15 is 0 Å². The molecule has 0 bridgehead atoms. The first-order valence-corrected chi connectivity index (χ1v) is 6.02. The van der Waals surface area contributed by atoms with Crippen LogP contribution in [-0.4, -0.2) is 19.9 Å². The smallest absolute Gasteiger partial charge is 0.183 e. The van der Waals surface area contributed by atoms with Gasteiger partial charge in [-0.3, -0.25) is 0 Å². The van der Waals surface area contributed by atoms with Crippen LogP contribution in [0.2, 0.25) is 0 Å². The number of nitrogens with zero attached hydrogens (tertiary/aromatic N) is 4. The summed E-state index contributed by atoms with van der Waals surface area (Å²) in [5.41, 5.74) is 8.50. The summed E-state index contributed by atoms with van der Waals surface area (Å²) in [4.78, 5) is 16.6. The normalized spacial score (nSPS) is 10.7. The monoisotopic (exact) mass is 301 g/mol. The summed E-state index contributed by atoms with van der Waals surface area (Å²) in [5, 5.41) is 0. The van der Waals surface area contributed by atoms with E-state index in [1.54, 1.807) is 6.20 Å². The number of aromatic nitrogens is 4. The van der Waals surface area contributed by atoms with Crippen LogP contribution >= 0.6 is 15.9 Å². The first-order valence-electron chi connectivity index (χ1n) is 5.23. The molecule has 0 atom stereocenters. The lowest BCUT2D eigenvalue weighted by molar-refractivity contribution is 1.15. The Bertz CT molecular complexity index is 728. The minimum atomic E-state index is 0.337. The first-order chi connectivity index (χ1) is 8.74. The minimum absolute atomic E-state index is 0.337. The largest absolute Gasteiger partial charge is 0.382 e. The van der Waals surface area contributed by atoms with E-state index in [4.69, 9.17) is 5.73 Å². The van der Waals surface area contributed by atoms with Crippen LogP contribution in [0.3, 0.4) is 0 Å². The van der Waals surface area contributed by atoms with Gasteiger partial charge in [-0.15, -0.1) is 0 Å². The third-order valence-corrected chi connectivity index (χ3v) is 2.99. The molecule has 5 nitrogen and oxygen atoms in total. The minimum Gasteiger partial charge on any atom is -0.382 e. The summed E-state index contributed by atoms with van der Waals surface area (Å²) in [6.45, 7) is 0. The molecule has 0 unspecified atom stereocenters. The van der Waals surface area contributed by atoms with Crippen molar-refractivity contribution in [3.63, 3.8) is 0 Å². The highest BCUT2D eigenvalue weighted by Crippen LogP contribution is 2.22. The van der Waals surface area contributed by atoms with Crippen molar-refractivity contribution in [3.05, 3.63) is 41.3 Å². The molecule has 2 heterocycles. The molecule has 0 fully saturated rings. The van der Waals surface area contributed by atoms with Crippen LogP contribution in [-0.2, 0) is 0 Å². The molecule has 0 radical (unpaired) electrons. The second kappa shape index (κ2) is 4.30. The van der Waals surface area contributed by atoms with Crippen molar-refractivity contribution in [1.82, 2.24) is 19.9 Å². The average Bonchev–Trinajstić information content (AvgIpc) is 2.39. The van der Waals surface area contributed by atoms with E-state index in [1.807, 2.05) is 24.3 Å². The predicted molar refractivity (Wildman–Crippen MR) is 72.7 cm³/mol. The van der Waals surface area contributed by atoms with Gasteiger partial charge in [0.05, 0.1) is 11.9 Å². The Balaban J connectivity index is 2.22. The fourth-order valence-corrected chi connectivity index (χ4v) is 2.04. The van der Waals surface area contributed by atoms with Crippen LogP contribution in [0.1, 0.15) is 0 Å². The molecule has 2 N–H and O–H groups in total. The number of anilines is 1.